The number of hydrogen-bond acceptors (Lipinski definition) is 8. The van der Waals surface area contributed by atoms with Gasteiger partial charge in [0.25, 0.3) is 0 Å². The number of carbonyl (C=O) groups is 2. The van der Waals surface area contributed by atoms with Crippen molar-refractivity contribution in [1.29, 1.82) is 0 Å². The molecular formula is C19H16N3O5S-. The second kappa shape index (κ2) is 8.57. The Bertz CT molecular complexity index is 1020. The lowest BCUT2D eigenvalue weighted by Crippen LogP contribution is -2.23. The summed E-state index contributed by atoms with van der Waals surface area (Å²) in [5.41, 5.74) is 1.18. The van der Waals surface area contributed by atoms with E-state index in [2.05, 4.69) is 15.2 Å². The Kier molecular flexibility index (Phi) is 5.95. The first-order chi connectivity index (χ1) is 13.5. The quantitative estimate of drug-likeness (QED) is 0.366. The van der Waals surface area contributed by atoms with Gasteiger partial charge < -0.3 is 19.1 Å². The number of aromatic amines is 1. The van der Waals surface area contributed by atoms with Crippen LogP contribution in [0.3, 0.4) is 0 Å². The summed E-state index contributed by atoms with van der Waals surface area (Å²) in [5, 5.41) is 18.2. The van der Waals surface area contributed by atoms with E-state index in [4.69, 9.17) is 9.15 Å². The third-order valence-corrected chi connectivity index (χ3v) is 4.43. The first kappa shape index (κ1) is 19.4. The summed E-state index contributed by atoms with van der Waals surface area (Å²) in [6.07, 6.45) is 1.35. The maximum atomic E-state index is 11.7. The van der Waals surface area contributed by atoms with Crippen LogP contribution < -0.4 is 5.11 Å². The van der Waals surface area contributed by atoms with Crippen LogP contribution in [-0.4, -0.2) is 33.7 Å². The van der Waals surface area contributed by atoms with E-state index in [1.165, 1.54) is 6.08 Å². The van der Waals surface area contributed by atoms with Crippen LogP contribution in [0.15, 0.2) is 50.9 Å². The molecule has 144 valence electrons. The van der Waals surface area contributed by atoms with E-state index in [9.17, 15) is 14.7 Å². The van der Waals surface area contributed by atoms with Crippen LogP contribution in [0.25, 0.3) is 17.4 Å². The van der Waals surface area contributed by atoms with Crippen molar-refractivity contribution >= 4 is 29.8 Å². The van der Waals surface area contributed by atoms with Crippen molar-refractivity contribution in [2.24, 2.45) is 0 Å². The molecule has 0 amide bonds. The second-order valence-corrected chi connectivity index (χ2v) is 6.61. The number of benzene rings is 1. The van der Waals surface area contributed by atoms with Gasteiger partial charge in [0.15, 0.2) is 0 Å². The van der Waals surface area contributed by atoms with Gasteiger partial charge in [-0.15, -0.1) is 5.10 Å². The molecule has 0 saturated heterocycles. The van der Waals surface area contributed by atoms with Crippen molar-refractivity contribution in [3.05, 3.63) is 58.5 Å². The molecule has 8 nitrogen and oxygen atoms in total. The van der Waals surface area contributed by atoms with Gasteiger partial charge in [-0.3, -0.25) is 5.10 Å². The fourth-order valence-corrected chi connectivity index (χ4v) is 3.02. The lowest BCUT2D eigenvalue weighted by molar-refractivity contribution is -0.298. The zero-order chi connectivity index (χ0) is 20.1. The Morgan fingerprint density at radius 2 is 2.00 bits per heavy atom. The molecule has 0 unspecified atom stereocenters. The molecule has 0 aliphatic rings. The fourth-order valence-electron chi connectivity index (χ4n) is 2.30. The first-order valence-corrected chi connectivity index (χ1v) is 9.15. The Hall–Kier alpha value is -3.33. The summed E-state index contributed by atoms with van der Waals surface area (Å²) in [6, 6.07) is 10.1. The number of esters is 1. The molecule has 3 rings (SSSR count). The maximum Gasteiger partial charge on any atom is 0.338 e. The number of aromatic nitrogens is 3. The number of H-pyrrole nitrogens is 1. The van der Waals surface area contributed by atoms with E-state index in [0.717, 1.165) is 17.3 Å². The molecule has 0 radical (unpaired) electrons. The molecule has 3 aromatic rings. The summed E-state index contributed by atoms with van der Waals surface area (Å²) < 4.78 is 10.6. The largest absolute Gasteiger partial charge is 0.544 e. The van der Waals surface area contributed by atoms with Gasteiger partial charge in [0.1, 0.15) is 17.3 Å². The minimum Gasteiger partial charge on any atom is -0.544 e. The summed E-state index contributed by atoms with van der Waals surface area (Å²) in [7, 11) is 0. The molecule has 0 aliphatic heterocycles. The van der Waals surface area contributed by atoms with Gasteiger partial charge in [-0.05, 0) is 56.0 Å². The van der Waals surface area contributed by atoms with Crippen molar-refractivity contribution in [2.45, 2.75) is 19.0 Å². The summed E-state index contributed by atoms with van der Waals surface area (Å²) in [4.78, 5) is 27.1. The average molecular weight is 398 g/mol. The zero-order valence-electron chi connectivity index (χ0n) is 15.1. The van der Waals surface area contributed by atoms with E-state index in [0.29, 0.717) is 29.5 Å². The van der Waals surface area contributed by atoms with Crippen LogP contribution >= 0.6 is 11.8 Å². The van der Waals surface area contributed by atoms with Gasteiger partial charge >= 0.3 is 5.97 Å². The number of nitrogens with one attached hydrogen (secondary N) is 1. The highest BCUT2D eigenvalue weighted by Gasteiger charge is 2.11. The molecule has 1 aromatic carbocycles. The molecular weight excluding hydrogens is 382 g/mol. The topological polar surface area (TPSA) is 121 Å². The lowest BCUT2D eigenvalue weighted by Gasteiger charge is -2.04. The zero-order valence-corrected chi connectivity index (χ0v) is 15.9. The number of rotatable bonds is 7. The number of hydrogen-bond donors (Lipinski definition) is 1. The van der Waals surface area contributed by atoms with Gasteiger partial charge in [-0.1, -0.05) is 12.1 Å². The Balaban J connectivity index is 1.79. The third-order valence-electron chi connectivity index (χ3n) is 3.56. The van der Waals surface area contributed by atoms with Gasteiger partial charge in [0.05, 0.1) is 18.1 Å². The molecule has 9 heteroatoms. The molecule has 2 aromatic heterocycles. The Labute approximate surface area is 164 Å². The van der Waals surface area contributed by atoms with Crippen LogP contribution in [0.4, 0.5) is 0 Å². The highest BCUT2D eigenvalue weighted by atomic mass is 32.2. The number of nitrogens with zero attached hydrogens (tertiary/aromatic N) is 2. The number of aryl methyl sites for hydroxylation is 1. The third kappa shape index (κ3) is 4.68. The molecule has 28 heavy (non-hydrogen) atoms. The van der Waals surface area contributed by atoms with Crippen molar-refractivity contribution in [3.63, 3.8) is 0 Å². The summed E-state index contributed by atoms with van der Waals surface area (Å²) in [5.74, 6) is -0.313. The minimum atomic E-state index is -1.36. The molecule has 1 N–H and O–H groups in total. The number of ether oxygens (including phenoxy) is 1. The van der Waals surface area contributed by atoms with Crippen molar-refractivity contribution in [3.8, 4) is 11.3 Å². The van der Waals surface area contributed by atoms with Crippen LogP contribution in [-0.2, 0) is 9.53 Å². The molecule has 0 atom stereocenters. The monoisotopic (exact) mass is 398 g/mol. The normalized spacial score (nSPS) is 11.4. The maximum absolute atomic E-state index is 11.7. The molecule has 0 saturated carbocycles. The predicted octanol–water partition coefficient (Wildman–Crippen LogP) is 2.43. The van der Waals surface area contributed by atoms with Crippen molar-refractivity contribution in [1.82, 2.24) is 15.2 Å². The number of aliphatic carboxylic acids is 1. The summed E-state index contributed by atoms with van der Waals surface area (Å²) in [6.45, 7) is 3.76. The smallest absolute Gasteiger partial charge is 0.338 e. The molecule has 0 fully saturated rings. The minimum absolute atomic E-state index is 0.0856. The fraction of sp³-hybridized carbons (Fsp3) is 0.158. The average Bonchev–Trinajstić information content (AvgIpc) is 3.30. The lowest BCUT2D eigenvalue weighted by atomic mass is 10.1. The first-order valence-electron chi connectivity index (χ1n) is 8.33. The van der Waals surface area contributed by atoms with Crippen LogP contribution in [0.2, 0.25) is 0 Å². The number of thioether (sulfide) groups is 1. The SMILES string of the molecule is CCOC(=O)c1ccc(-c2ccc(/C=C(/Sc3n[nH]c(C)n3)C(=O)[O-])o2)cc1. The van der Waals surface area contributed by atoms with E-state index in [1.807, 2.05) is 0 Å². The van der Waals surface area contributed by atoms with Crippen LogP contribution in [0.1, 0.15) is 28.9 Å². The van der Waals surface area contributed by atoms with E-state index in [1.54, 1.807) is 50.2 Å². The predicted molar refractivity (Wildman–Crippen MR) is 100 cm³/mol. The van der Waals surface area contributed by atoms with Gasteiger partial charge in [0, 0.05) is 10.5 Å². The van der Waals surface area contributed by atoms with Crippen LogP contribution in [0.5, 0.6) is 0 Å². The number of carboxylic acid groups (broad SMARTS) is 1. The number of furan rings is 1. The Morgan fingerprint density at radius 3 is 2.61 bits per heavy atom. The molecule has 0 bridgehead atoms. The van der Waals surface area contributed by atoms with Gasteiger partial charge in [-0.25, -0.2) is 9.78 Å². The number of carbonyl (C=O) groups excluding carboxylic acids is 2. The van der Waals surface area contributed by atoms with E-state index in [-0.39, 0.29) is 10.1 Å². The van der Waals surface area contributed by atoms with E-state index < -0.39 is 11.9 Å². The van der Waals surface area contributed by atoms with Crippen molar-refractivity contribution in [2.75, 3.05) is 6.61 Å². The molecule has 0 aliphatic carbocycles. The Morgan fingerprint density at radius 1 is 1.25 bits per heavy atom. The van der Waals surface area contributed by atoms with Gasteiger partial charge in [-0.2, -0.15) is 0 Å². The summed E-state index contributed by atoms with van der Waals surface area (Å²) >= 11 is 0.862. The van der Waals surface area contributed by atoms with Crippen molar-refractivity contribution < 1.29 is 23.8 Å². The highest BCUT2D eigenvalue weighted by molar-refractivity contribution is 8.04. The van der Waals surface area contributed by atoms with Crippen LogP contribution in [0, 0.1) is 6.92 Å². The van der Waals surface area contributed by atoms with Gasteiger partial charge in [0.2, 0.25) is 5.16 Å². The molecule has 2 heterocycles. The number of carboxylic acids is 1. The standard InChI is InChI=1S/C19H17N3O5S/c1-3-26-18(25)13-6-4-12(5-7-13)15-9-8-14(27-15)10-16(17(23)24)28-19-20-11(2)21-22-19/h4-10H,3H2,1-2H3,(H,23,24)(H,20,21,22)/p-1/b16-10+. The second-order valence-electron chi connectivity index (χ2n) is 5.60. The highest BCUT2D eigenvalue weighted by Crippen LogP contribution is 2.28. The molecule has 0 spiro atoms. The van der Waals surface area contributed by atoms with E-state index >= 15 is 0 Å².